The number of aliphatic imine (C=N–C) groups is 1. The molecule has 0 radical (unpaired) electrons. The summed E-state index contributed by atoms with van der Waals surface area (Å²) in [5, 5.41) is 0. The highest BCUT2D eigenvalue weighted by molar-refractivity contribution is 6.00. The fourth-order valence-corrected chi connectivity index (χ4v) is 7.16. The number of fused-ring (bicyclic) bond motifs is 3. The monoisotopic (exact) mass is 493 g/mol. The fraction of sp³-hybridized carbons (Fsp3) is 0.270. The summed E-state index contributed by atoms with van der Waals surface area (Å²) in [6, 6.07) is 26.3. The second kappa shape index (κ2) is 9.24. The van der Waals surface area contributed by atoms with Gasteiger partial charge in [0.2, 0.25) is 0 Å². The van der Waals surface area contributed by atoms with Crippen LogP contribution in [0.3, 0.4) is 0 Å². The molecule has 188 valence electrons. The van der Waals surface area contributed by atoms with Crippen molar-refractivity contribution in [2.45, 2.75) is 52.4 Å². The first kappa shape index (κ1) is 23.4. The third-order valence-electron chi connectivity index (χ3n) is 9.17. The van der Waals surface area contributed by atoms with Gasteiger partial charge in [0.1, 0.15) is 0 Å². The van der Waals surface area contributed by atoms with Gasteiger partial charge in [-0.25, -0.2) is 0 Å². The second-order valence-electron chi connectivity index (χ2n) is 11.8. The summed E-state index contributed by atoms with van der Waals surface area (Å²) >= 11 is 0. The maximum absolute atomic E-state index is 5.24. The zero-order valence-electron chi connectivity index (χ0n) is 22.5. The molecule has 7 rings (SSSR count). The van der Waals surface area contributed by atoms with Gasteiger partial charge in [-0.3, -0.25) is 4.99 Å². The van der Waals surface area contributed by atoms with E-state index in [4.69, 9.17) is 4.99 Å². The quantitative estimate of drug-likeness (QED) is 0.344. The normalized spacial score (nSPS) is 22.5. The molecule has 0 spiro atoms. The number of para-hydroxylation sites is 1. The molecule has 4 aliphatic rings. The summed E-state index contributed by atoms with van der Waals surface area (Å²) in [6.07, 6.45) is 16.5. The van der Waals surface area contributed by atoms with E-state index in [9.17, 15) is 0 Å². The summed E-state index contributed by atoms with van der Waals surface area (Å²) < 4.78 is 0. The van der Waals surface area contributed by atoms with Gasteiger partial charge in [-0.2, -0.15) is 0 Å². The van der Waals surface area contributed by atoms with Gasteiger partial charge in [-0.05, 0) is 84.1 Å². The van der Waals surface area contributed by atoms with E-state index >= 15 is 0 Å². The van der Waals surface area contributed by atoms with Crippen LogP contribution < -0.4 is 0 Å². The predicted octanol–water partition coefficient (Wildman–Crippen LogP) is 9.94. The number of rotatable bonds is 3. The second-order valence-corrected chi connectivity index (χ2v) is 11.8. The van der Waals surface area contributed by atoms with Crippen molar-refractivity contribution in [3.05, 3.63) is 124 Å². The smallest absolute Gasteiger partial charge is 0.0711 e. The van der Waals surface area contributed by atoms with Crippen LogP contribution in [0.15, 0.2) is 113 Å². The van der Waals surface area contributed by atoms with Crippen molar-refractivity contribution in [3.8, 4) is 11.1 Å². The Kier molecular flexibility index (Phi) is 5.69. The van der Waals surface area contributed by atoms with Gasteiger partial charge in [0.05, 0.1) is 5.69 Å². The molecule has 1 heteroatoms. The van der Waals surface area contributed by atoms with Crippen LogP contribution >= 0.6 is 0 Å². The minimum absolute atomic E-state index is 0.0444. The first-order valence-corrected chi connectivity index (χ1v) is 14.3. The Labute approximate surface area is 227 Å². The molecule has 0 saturated carbocycles. The Balaban J connectivity index is 1.23. The molecule has 0 fully saturated rings. The molecule has 3 aromatic rings. The topological polar surface area (TPSA) is 12.4 Å². The molecule has 1 unspecified atom stereocenters. The van der Waals surface area contributed by atoms with Gasteiger partial charge >= 0.3 is 0 Å². The molecule has 38 heavy (non-hydrogen) atoms. The number of hydrogen-bond acceptors (Lipinski definition) is 1. The van der Waals surface area contributed by atoms with Gasteiger partial charge in [0, 0.05) is 22.6 Å². The Hall–Kier alpha value is -3.71. The number of benzene rings is 3. The highest BCUT2D eigenvalue weighted by Gasteiger charge is 2.44. The Bertz CT molecular complexity index is 1570. The largest absolute Gasteiger partial charge is 0.253 e. The van der Waals surface area contributed by atoms with E-state index in [0.29, 0.717) is 5.92 Å². The van der Waals surface area contributed by atoms with Crippen molar-refractivity contribution in [2.24, 2.45) is 16.3 Å². The van der Waals surface area contributed by atoms with Crippen molar-refractivity contribution < 1.29 is 0 Å². The molecule has 0 N–H and O–H groups in total. The zero-order chi connectivity index (χ0) is 25.7. The van der Waals surface area contributed by atoms with Crippen molar-refractivity contribution in [3.63, 3.8) is 0 Å². The van der Waals surface area contributed by atoms with Crippen LogP contribution in [0.4, 0.5) is 5.69 Å². The molecule has 0 amide bonds. The maximum atomic E-state index is 5.24. The molecule has 0 heterocycles. The Morgan fingerprint density at radius 3 is 2.53 bits per heavy atom. The van der Waals surface area contributed by atoms with Crippen LogP contribution in [-0.4, -0.2) is 5.71 Å². The van der Waals surface area contributed by atoms with E-state index in [2.05, 4.69) is 111 Å². The SMILES string of the molecule is CC1(C)C2=CC(=Nc3ccccc3-c3ccccc3)CCC2C2=C1C=C(c1ccc3c(c1)CCC=C3)CC2. The summed E-state index contributed by atoms with van der Waals surface area (Å²) in [4.78, 5) is 5.24. The molecule has 1 atom stereocenters. The molecule has 0 aromatic heterocycles. The lowest BCUT2D eigenvalue weighted by Gasteiger charge is -2.29. The van der Waals surface area contributed by atoms with E-state index in [-0.39, 0.29) is 5.41 Å². The standard InChI is InChI=1S/C37H35N/c1-37(2)34-23-29(28-17-16-25-10-6-7-13-27(25)22-28)18-20-32(34)33-21-19-30(24-35(33)37)38-36-15-9-8-14-31(36)26-11-4-3-5-12-26/h3-6,8-12,14-17,22-24,33H,7,13,18-21H2,1-2H3. The average Bonchev–Trinajstić information content (AvgIpc) is 3.19. The van der Waals surface area contributed by atoms with Gasteiger partial charge in [0.25, 0.3) is 0 Å². The lowest BCUT2D eigenvalue weighted by Crippen LogP contribution is -2.20. The molecule has 0 saturated heterocycles. The van der Waals surface area contributed by atoms with Crippen molar-refractivity contribution in [1.82, 2.24) is 0 Å². The van der Waals surface area contributed by atoms with Crippen LogP contribution in [0.1, 0.15) is 62.6 Å². The third kappa shape index (κ3) is 3.97. The number of nitrogens with zero attached hydrogens (tertiary/aromatic N) is 1. The van der Waals surface area contributed by atoms with E-state index in [1.165, 1.54) is 51.9 Å². The van der Waals surface area contributed by atoms with Crippen LogP contribution in [-0.2, 0) is 6.42 Å². The summed E-state index contributed by atoms with van der Waals surface area (Å²) in [5.74, 6) is 0.579. The summed E-state index contributed by atoms with van der Waals surface area (Å²) in [7, 11) is 0. The highest BCUT2D eigenvalue weighted by Crippen LogP contribution is 2.57. The molecule has 1 nitrogen and oxygen atoms in total. The van der Waals surface area contributed by atoms with Crippen molar-refractivity contribution in [1.29, 1.82) is 0 Å². The first-order valence-electron chi connectivity index (χ1n) is 14.3. The van der Waals surface area contributed by atoms with Crippen LogP contribution in [0.5, 0.6) is 0 Å². The van der Waals surface area contributed by atoms with E-state index in [0.717, 1.165) is 31.4 Å². The molecule has 0 aliphatic heterocycles. The Morgan fingerprint density at radius 2 is 1.63 bits per heavy atom. The third-order valence-corrected chi connectivity index (χ3v) is 9.17. The zero-order valence-corrected chi connectivity index (χ0v) is 22.5. The molecule has 4 aliphatic carbocycles. The number of aryl methyl sites for hydroxylation is 1. The van der Waals surface area contributed by atoms with Gasteiger partial charge < -0.3 is 0 Å². The van der Waals surface area contributed by atoms with Crippen LogP contribution in [0.25, 0.3) is 22.8 Å². The molecule has 0 bridgehead atoms. The molecular formula is C37H35N. The van der Waals surface area contributed by atoms with Gasteiger partial charge in [0.15, 0.2) is 0 Å². The fourth-order valence-electron chi connectivity index (χ4n) is 7.16. The van der Waals surface area contributed by atoms with E-state index in [1.807, 2.05) is 0 Å². The van der Waals surface area contributed by atoms with Crippen LogP contribution in [0.2, 0.25) is 0 Å². The van der Waals surface area contributed by atoms with Crippen molar-refractivity contribution in [2.75, 3.05) is 0 Å². The van der Waals surface area contributed by atoms with Crippen molar-refractivity contribution >= 4 is 23.0 Å². The minimum atomic E-state index is 0.0444. The summed E-state index contributed by atoms with van der Waals surface area (Å²) in [6.45, 7) is 4.87. The Morgan fingerprint density at radius 1 is 0.789 bits per heavy atom. The lowest BCUT2D eigenvalue weighted by molar-refractivity contribution is 0.513. The van der Waals surface area contributed by atoms with E-state index in [1.54, 1.807) is 16.7 Å². The molecule has 3 aromatic carbocycles. The van der Waals surface area contributed by atoms with E-state index < -0.39 is 0 Å². The van der Waals surface area contributed by atoms with Gasteiger partial charge in [-0.15, -0.1) is 0 Å². The first-order chi connectivity index (χ1) is 18.6. The number of hydrogen-bond donors (Lipinski definition) is 0. The maximum Gasteiger partial charge on any atom is 0.0711 e. The number of allylic oxidation sites excluding steroid dienone is 7. The average molecular weight is 494 g/mol. The lowest BCUT2D eigenvalue weighted by atomic mass is 9.75. The minimum Gasteiger partial charge on any atom is -0.253 e. The summed E-state index contributed by atoms with van der Waals surface area (Å²) in [5.41, 5.74) is 15.4. The predicted molar refractivity (Wildman–Crippen MR) is 162 cm³/mol. The molecular weight excluding hydrogens is 458 g/mol. The highest BCUT2D eigenvalue weighted by atomic mass is 14.8. The van der Waals surface area contributed by atoms with Gasteiger partial charge in [-0.1, -0.05) is 110 Å². The van der Waals surface area contributed by atoms with Crippen LogP contribution in [0, 0.1) is 11.3 Å².